The van der Waals surface area contributed by atoms with Crippen molar-refractivity contribution in [2.75, 3.05) is 19.7 Å². The number of ether oxygens (including phenoxy) is 1. The summed E-state index contributed by atoms with van der Waals surface area (Å²) in [7, 11) is 0. The zero-order chi connectivity index (χ0) is 12.5. The Kier molecular flexibility index (Phi) is 6.29. The zero-order valence-corrected chi connectivity index (χ0v) is 10.1. The Bertz CT molecular complexity index is 327. The highest BCUT2D eigenvalue weighted by Gasteiger charge is 2.06. The predicted molar refractivity (Wildman–Crippen MR) is 65.5 cm³/mol. The molecule has 0 heterocycles. The lowest BCUT2D eigenvalue weighted by atomic mass is 10.1. The smallest absolute Gasteiger partial charge is 0.319 e. The van der Waals surface area contributed by atoms with E-state index in [2.05, 4.69) is 5.32 Å². The monoisotopic (exact) mass is 237 g/mol. The molecule has 4 nitrogen and oxygen atoms in total. The van der Waals surface area contributed by atoms with Crippen LogP contribution in [0.25, 0.3) is 0 Å². The summed E-state index contributed by atoms with van der Waals surface area (Å²) in [5.74, 6) is -0.262. The summed E-state index contributed by atoms with van der Waals surface area (Å²) >= 11 is 0. The Morgan fingerprint density at radius 2 is 2.12 bits per heavy atom. The Labute approximate surface area is 102 Å². The minimum Gasteiger partial charge on any atom is -0.465 e. The van der Waals surface area contributed by atoms with Gasteiger partial charge in [-0.2, -0.15) is 0 Å². The van der Waals surface area contributed by atoms with E-state index in [-0.39, 0.29) is 12.5 Å². The number of hydrogen-bond donors (Lipinski definition) is 2. The molecule has 17 heavy (non-hydrogen) atoms. The van der Waals surface area contributed by atoms with Gasteiger partial charge in [0.1, 0.15) is 0 Å². The largest absolute Gasteiger partial charge is 0.465 e. The molecule has 1 aromatic carbocycles. The third kappa shape index (κ3) is 5.47. The molecule has 0 fully saturated rings. The average Bonchev–Trinajstić information content (AvgIpc) is 2.36. The van der Waals surface area contributed by atoms with Crippen molar-refractivity contribution in [2.24, 2.45) is 0 Å². The van der Waals surface area contributed by atoms with Crippen LogP contribution in [0.2, 0.25) is 0 Å². The van der Waals surface area contributed by atoms with Crippen LogP contribution in [0.4, 0.5) is 0 Å². The molecule has 0 aliphatic carbocycles. The van der Waals surface area contributed by atoms with Gasteiger partial charge >= 0.3 is 5.97 Å². The number of carbonyl (C=O) groups excluding carboxylic acids is 1. The molecule has 0 amide bonds. The van der Waals surface area contributed by atoms with Crippen molar-refractivity contribution in [2.45, 2.75) is 19.4 Å². The lowest BCUT2D eigenvalue weighted by molar-refractivity contribution is -0.142. The first-order valence-electron chi connectivity index (χ1n) is 5.83. The first-order chi connectivity index (χ1) is 8.24. The Morgan fingerprint density at radius 3 is 2.76 bits per heavy atom. The summed E-state index contributed by atoms with van der Waals surface area (Å²) in [6.07, 6.45) is 0.0783. The highest BCUT2D eigenvalue weighted by Crippen LogP contribution is 2.14. The molecule has 0 radical (unpaired) electrons. The van der Waals surface area contributed by atoms with Gasteiger partial charge in [-0.1, -0.05) is 30.3 Å². The predicted octanol–water partition coefficient (Wildman–Crippen LogP) is 1.26. The summed E-state index contributed by atoms with van der Waals surface area (Å²) in [6.45, 7) is 2.94. The maximum atomic E-state index is 11.0. The van der Waals surface area contributed by atoms with E-state index in [0.29, 0.717) is 19.6 Å². The van der Waals surface area contributed by atoms with E-state index in [0.717, 1.165) is 5.56 Å². The fraction of sp³-hybridized carbons (Fsp3) is 0.462. The molecule has 0 aromatic heterocycles. The van der Waals surface area contributed by atoms with Crippen LogP contribution >= 0.6 is 0 Å². The molecule has 1 unspecified atom stereocenters. The lowest BCUT2D eigenvalue weighted by Gasteiger charge is -2.11. The van der Waals surface area contributed by atoms with Crippen LogP contribution in [0.5, 0.6) is 0 Å². The van der Waals surface area contributed by atoms with Crippen LogP contribution in [-0.2, 0) is 9.53 Å². The Hall–Kier alpha value is -1.39. The number of aliphatic hydroxyl groups is 1. The fourth-order valence-electron chi connectivity index (χ4n) is 1.48. The molecule has 0 spiro atoms. The number of nitrogens with one attached hydrogen (secondary N) is 1. The SMILES string of the molecule is CCOC(=O)CNCCC(O)c1ccccc1. The number of esters is 1. The van der Waals surface area contributed by atoms with Crippen molar-refractivity contribution >= 4 is 5.97 Å². The maximum Gasteiger partial charge on any atom is 0.319 e. The Morgan fingerprint density at radius 1 is 1.41 bits per heavy atom. The van der Waals surface area contributed by atoms with Gasteiger partial charge in [-0.25, -0.2) is 0 Å². The van der Waals surface area contributed by atoms with Crippen molar-refractivity contribution in [3.8, 4) is 0 Å². The standard InChI is InChI=1S/C13H19NO3/c1-2-17-13(16)10-14-9-8-12(15)11-6-4-3-5-7-11/h3-7,12,14-15H,2,8-10H2,1H3. The van der Waals surface area contributed by atoms with Gasteiger partial charge in [0.05, 0.1) is 19.3 Å². The second kappa shape index (κ2) is 7.81. The molecule has 0 saturated carbocycles. The van der Waals surface area contributed by atoms with E-state index in [1.54, 1.807) is 6.92 Å². The number of hydrogen-bond acceptors (Lipinski definition) is 4. The Balaban J connectivity index is 2.17. The number of carbonyl (C=O) groups is 1. The van der Waals surface area contributed by atoms with Crippen molar-refractivity contribution in [1.82, 2.24) is 5.32 Å². The number of aliphatic hydroxyl groups excluding tert-OH is 1. The first-order valence-corrected chi connectivity index (χ1v) is 5.83. The van der Waals surface area contributed by atoms with Crippen molar-refractivity contribution in [1.29, 1.82) is 0 Å². The lowest BCUT2D eigenvalue weighted by Crippen LogP contribution is -2.26. The average molecular weight is 237 g/mol. The summed E-state index contributed by atoms with van der Waals surface area (Å²) in [6, 6.07) is 9.47. The van der Waals surface area contributed by atoms with Gasteiger partial charge in [0.25, 0.3) is 0 Å². The molecule has 0 bridgehead atoms. The molecule has 0 aliphatic rings. The number of benzene rings is 1. The fourth-order valence-corrected chi connectivity index (χ4v) is 1.48. The third-order valence-corrected chi connectivity index (χ3v) is 2.35. The second-order valence-corrected chi connectivity index (χ2v) is 3.70. The van der Waals surface area contributed by atoms with E-state index in [1.807, 2.05) is 30.3 Å². The molecule has 1 aromatic rings. The molecule has 1 rings (SSSR count). The van der Waals surface area contributed by atoms with E-state index < -0.39 is 6.10 Å². The van der Waals surface area contributed by atoms with Crippen LogP contribution < -0.4 is 5.32 Å². The summed E-state index contributed by atoms with van der Waals surface area (Å²) in [4.78, 5) is 11.0. The van der Waals surface area contributed by atoms with Gasteiger partial charge < -0.3 is 15.2 Å². The maximum absolute atomic E-state index is 11.0. The normalized spacial score (nSPS) is 12.1. The summed E-state index contributed by atoms with van der Waals surface area (Å²) in [5.41, 5.74) is 0.894. The highest BCUT2D eigenvalue weighted by molar-refractivity contribution is 5.71. The molecular weight excluding hydrogens is 218 g/mol. The topological polar surface area (TPSA) is 58.6 Å². The minimum atomic E-state index is -0.495. The molecule has 4 heteroatoms. The van der Waals surface area contributed by atoms with Gasteiger partial charge in [-0.15, -0.1) is 0 Å². The second-order valence-electron chi connectivity index (χ2n) is 3.70. The third-order valence-electron chi connectivity index (χ3n) is 2.35. The van der Waals surface area contributed by atoms with Crippen LogP contribution in [0.15, 0.2) is 30.3 Å². The zero-order valence-electron chi connectivity index (χ0n) is 10.1. The number of rotatable bonds is 7. The van der Waals surface area contributed by atoms with Gasteiger partial charge in [0.15, 0.2) is 0 Å². The van der Waals surface area contributed by atoms with Crippen LogP contribution in [0.3, 0.4) is 0 Å². The van der Waals surface area contributed by atoms with Crippen molar-refractivity contribution < 1.29 is 14.6 Å². The molecule has 0 aliphatic heterocycles. The molecule has 94 valence electrons. The van der Waals surface area contributed by atoms with Gasteiger partial charge in [-0.3, -0.25) is 4.79 Å². The molecule has 2 N–H and O–H groups in total. The van der Waals surface area contributed by atoms with Gasteiger partial charge in [-0.05, 0) is 25.5 Å². The van der Waals surface area contributed by atoms with E-state index >= 15 is 0 Å². The molecular formula is C13H19NO3. The van der Waals surface area contributed by atoms with Crippen LogP contribution in [0.1, 0.15) is 25.0 Å². The first kappa shape index (κ1) is 13.7. The van der Waals surface area contributed by atoms with Gasteiger partial charge in [0.2, 0.25) is 0 Å². The van der Waals surface area contributed by atoms with Crippen molar-refractivity contribution in [3.63, 3.8) is 0 Å². The van der Waals surface area contributed by atoms with E-state index in [1.165, 1.54) is 0 Å². The van der Waals surface area contributed by atoms with Crippen molar-refractivity contribution in [3.05, 3.63) is 35.9 Å². The van der Waals surface area contributed by atoms with Gasteiger partial charge in [0, 0.05) is 0 Å². The molecule has 1 atom stereocenters. The minimum absolute atomic E-state index is 0.190. The quantitative estimate of drug-likeness (QED) is 0.554. The summed E-state index contributed by atoms with van der Waals surface area (Å²) in [5, 5.41) is 12.8. The van der Waals surface area contributed by atoms with E-state index in [4.69, 9.17) is 4.74 Å². The van der Waals surface area contributed by atoms with E-state index in [9.17, 15) is 9.90 Å². The van der Waals surface area contributed by atoms with Crippen LogP contribution in [0, 0.1) is 0 Å². The molecule has 0 saturated heterocycles. The summed E-state index contributed by atoms with van der Waals surface area (Å²) < 4.78 is 4.77. The van der Waals surface area contributed by atoms with Crippen LogP contribution in [-0.4, -0.2) is 30.8 Å². The highest BCUT2D eigenvalue weighted by atomic mass is 16.5.